The summed E-state index contributed by atoms with van der Waals surface area (Å²) in [5, 5.41) is 1.60. The normalized spacial score (nSPS) is 14.6. The van der Waals surface area contributed by atoms with E-state index in [1.807, 2.05) is 54.6 Å². The topological polar surface area (TPSA) is 99.5 Å². The molecule has 54 heavy (non-hydrogen) atoms. The zero-order valence-corrected chi connectivity index (χ0v) is 31.9. The van der Waals surface area contributed by atoms with Crippen LogP contribution in [0.2, 0.25) is 5.02 Å². The van der Waals surface area contributed by atoms with Gasteiger partial charge in [-0.1, -0.05) is 67.3 Å². The number of hydrogen-bond acceptors (Lipinski definition) is 7. The number of ether oxygens (including phenoxy) is 2. The fourth-order valence-electron chi connectivity index (χ4n) is 8.04. The van der Waals surface area contributed by atoms with E-state index < -0.39 is 15.9 Å². The third-order valence-electron chi connectivity index (χ3n) is 10.6. The first kappa shape index (κ1) is 34.6. The first-order chi connectivity index (χ1) is 26.3. The minimum atomic E-state index is -4.02. The van der Waals surface area contributed by atoms with E-state index in [4.69, 9.17) is 26.1 Å². The number of sulfonamides is 1. The molecule has 0 spiro atoms. The van der Waals surface area contributed by atoms with Crippen molar-refractivity contribution < 1.29 is 22.7 Å². The molecular weight excluding hydrogens is 738 g/mol. The molecule has 1 saturated carbocycles. The Bertz CT molecular complexity index is 2680. The van der Waals surface area contributed by atoms with Gasteiger partial charge in [0.05, 0.1) is 50.5 Å². The highest BCUT2D eigenvalue weighted by Gasteiger charge is 2.32. The van der Waals surface area contributed by atoms with Crippen molar-refractivity contribution in [3.05, 3.63) is 119 Å². The molecular formula is C43H36ClN3O5S2. The number of nitrogens with zero attached hydrogens (tertiary/aromatic N) is 2. The number of aromatic nitrogens is 2. The average molecular weight is 774 g/mol. The zero-order valence-electron chi connectivity index (χ0n) is 29.5. The van der Waals surface area contributed by atoms with Crippen molar-refractivity contribution in [2.75, 3.05) is 13.7 Å². The van der Waals surface area contributed by atoms with Gasteiger partial charge in [-0.05, 0) is 102 Å². The summed E-state index contributed by atoms with van der Waals surface area (Å²) in [4.78, 5) is 19.1. The van der Waals surface area contributed by atoms with Crippen molar-refractivity contribution in [2.45, 2.75) is 49.5 Å². The molecule has 1 amide bonds. The van der Waals surface area contributed by atoms with E-state index in [1.165, 1.54) is 35.5 Å². The molecule has 0 radical (unpaired) electrons. The molecule has 4 heterocycles. The fourth-order valence-corrected chi connectivity index (χ4v) is 10.4. The third-order valence-corrected chi connectivity index (χ3v) is 13.3. The highest BCUT2D eigenvalue weighted by Crippen LogP contribution is 2.50. The Balaban J connectivity index is 1.15. The van der Waals surface area contributed by atoms with Crippen LogP contribution in [0.4, 0.5) is 0 Å². The molecule has 2 aliphatic rings. The summed E-state index contributed by atoms with van der Waals surface area (Å²) in [6.07, 6.45) is 5.59. The lowest BCUT2D eigenvalue weighted by Crippen LogP contribution is -2.29. The van der Waals surface area contributed by atoms with Gasteiger partial charge in [-0.15, -0.1) is 11.3 Å². The van der Waals surface area contributed by atoms with Crippen LogP contribution in [0, 0.1) is 0 Å². The minimum Gasteiger partial charge on any atom is -0.497 e. The van der Waals surface area contributed by atoms with E-state index in [2.05, 4.69) is 27.5 Å². The number of hydrogen-bond donors (Lipinski definition) is 1. The SMILES string of the molecule is COc1ccc(-c2ccc(Cl)cc2)c(-c2ccc3c4c(ccc3n2)-c2c(C3CCCCC3)c3sc(C(=O)NS(=O)(=O)c5ccccc5)cc3n2CCO4)c1. The predicted molar refractivity (Wildman–Crippen MR) is 215 cm³/mol. The van der Waals surface area contributed by atoms with Gasteiger partial charge in [0.1, 0.15) is 18.1 Å². The summed E-state index contributed by atoms with van der Waals surface area (Å²) in [7, 11) is -2.36. The first-order valence-corrected chi connectivity index (χ1v) is 20.8. The van der Waals surface area contributed by atoms with Crippen molar-refractivity contribution in [3.8, 4) is 45.1 Å². The Hall–Kier alpha value is -5.16. The number of methoxy groups -OCH3 is 1. The van der Waals surface area contributed by atoms with Crippen molar-refractivity contribution in [1.29, 1.82) is 0 Å². The Morgan fingerprint density at radius 3 is 2.46 bits per heavy atom. The van der Waals surface area contributed by atoms with Gasteiger partial charge in [-0.2, -0.15) is 0 Å². The molecule has 8 nitrogen and oxygen atoms in total. The molecule has 11 heteroatoms. The Morgan fingerprint density at radius 2 is 1.69 bits per heavy atom. The van der Waals surface area contributed by atoms with Gasteiger partial charge in [0.2, 0.25) is 0 Å². The van der Waals surface area contributed by atoms with Crippen molar-refractivity contribution in [3.63, 3.8) is 0 Å². The van der Waals surface area contributed by atoms with Crippen LogP contribution in [-0.2, 0) is 16.6 Å². The number of fused-ring (bicyclic) bond motifs is 7. The van der Waals surface area contributed by atoms with Crippen molar-refractivity contribution in [1.82, 2.24) is 14.3 Å². The van der Waals surface area contributed by atoms with E-state index >= 15 is 0 Å². The summed E-state index contributed by atoms with van der Waals surface area (Å²) in [5.74, 6) is 1.21. The number of carbonyl (C=O) groups is 1. The maximum atomic E-state index is 13.5. The smallest absolute Gasteiger partial charge is 0.275 e. The molecule has 1 N–H and O–H groups in total. The zero-order chi connectivity index (χ0) is 37.0. The molecule has 272 valence electrons. The second kappa shape index (κ2) is 13.9. The van der Waals surface area contributed by atoms with Gasteiger partial charge < -0.3 is 14.0 Å². The molecule has 0 atom stereocenters. The van der Waals surface area contributed by atoms with Gasteiger partial charge in [0, 0.05) is 21.5 Å². The van der Waals surface area contributed by atoms with Crippen LogP contribution in [0.5, 0.6) is 11.5 Å². The standard InChI is InChI=1S/C43H36ClN3O5S2/c1-51-29-16-17-31(26-12-14-28(44)15-13-26)34(24-29)36-20-18-32-35(45-36)21-19-33-40-39(27-8-4-2-5-9-27)42-37(47(40)22-23-52-41(32)33)25-38(53-42)43(48)46-54(49,50)30-10-6-3-7-11-30/h3,6-7,10-21,24-25,27H,2,4-5,8-9,22-23H2,1H3,(H,46,48). The lowest BCUT2D eigenvalue weighted by atomic mass is 9.83. The first-order valence-electron chi connectivity index (χ1n) is 18.1. The quantitative estimate of drug-likeness (QED) is 0.173. The van der Waals surface area contributed by atoms with Crippen LogP contribution >= 0.6 is 22.9 Å². The molecule has 7 aromatic rings. The molecule has 9 rings (SSSR count). The monoisotopic (exact) mass is 773 g/mol. The molecule has 0 bridgehead atoms. The minimum absolute atomic E-state index is 0.0492. The van der Waals surface area contributed by atoms with E-state index in [0.29, 0.717) is 29.0 Å². The molecule has 4 aromatic carbocycles. The van der Waals surface area contributed by atoms with Crippen LogP contribution in [-0.4, -0.2) is 37.6 Å². The number of benzene rings is 4. The molecule has 1 fully saturated rings. The van der Waals surface area contributed by atoms with E-state index in [-0.39, 0.29) is 4.90 Å². The third kappa shape index (κ3) is 6.12. The number of thiophene rings is 1. The van der Waals surface area contributed by atoms with Crippen LogP contribution in [0.1, 0.15) is 53.3 Å². The molecule has 0 unspecified atom stereocenters. The molecule has 3 aromatic heterocycles. The average Bonchev–Trinajstić information content (AvgIpc) is 3.70. The van der Waals surface area contributed by atoms with Crippen molar-refractivity contribution in [2.24, 2.45) is 0 Å². The maximum Gasteiger partial charge on any atom is 0.275 e. The Labute approximate surface area is 322 Å². The summed E-state index contributed by atoms with van der Waals surface area (Å²) in [6.45, 7) is 1.000. The maximum absolute atomic E-state index is 13.5. The predicted octanol–water partition coefficient (Wildman–Crippen LogP) is 10.5. The summed E-state index contributed by atoms with van der Waals surface area (Å²) in [6, 6.07) is 31.9. The van der Waals surface area contributed by atoms with Gasteiger partial charge in [0.15, 0.2) is 0 Å². The number of halogens is 1. The van der Waals surface area contributed by atoms with Gasteiger partial charge in [0.25, 0.3) is 15.9 Å². The van der Waals surface area contributed by atoms with Crippen LogP contribution in [0.3, 0.4) is 0 Å². The van der Waals surface area contributed by atoms with Crippen molar-refractivity contribution >= 4 is 60.0 Å². The second-order valence-electron chi connectivity index (χ2n) is 13.8. The Morgan fingerprint density at radius 1 is 0.907 bits per heavy atom. The van der Waals surface area contributed by atoms with E-state index in [9.17, 15) is 13.2 Å². The highest BCUT2D eigenvalue weighted by atomic mass is 35.5. The lowest BCUT2D eigenvalue weighted by molar-refractivity contribution is 0.0985. The number of pyridine rings is 1. The number of nitrogens with one attached hydrogen (secondary N) is 1. The number of rotatable bonds is 7. The fraction of sp³-hybridized carbons (Fsp3) is 0.209. The number of amides is 1. The van der Waals surface area contributed by atoms with Gasteiger partial charge in [-0.3, -0.25) is 4.79 Å². The van der Waals surface area contributed by atoms with Crippen LogP contribution in [0.25, 0.3) is 54.8 Å². The largest absolute Gasteiger partial charge is 0.497 e. The summed E-state index contributed by atoms with van der Waals surface area (Å²) in [5.41, 5.74) is 8.88. The summed E-state index contributed by atoms with van der Waals surface area (Å²) >= 11 is 7.59. The Kier molecular flexibility index (Phi) is 8.92. The lowest BCUT2D eigenvalue weighted by Gasteiger charge is -2.23. The molecule has 0 saturated heterocycles. The van der Waals surface area contributed by atoms with Crippen LogP contribution < -0.4 is 14.2 Å². The molecule has 1 aliphatic carbocycles. The van der Waals surface area contributed by atoms with E-state index in [0.717, 1.165) is 91.9 Å². The second-order valence-corrected chi connectivity index (χ2v) is 17.0. The van der Waals surface area contributed by atoms with Gasteiger partial charge in [-0.25, -0.2) is 18.1 Å². The summed E-state index contributed by atoms with van der Waals surface area (Å²) < 4.78 is 43.9. The van der Waals surface area contributed by atoms with Gasteiger partial charge >= 0.3 is 0 Å². The van der Waals surface area contributed by atoms with Crippen LogP contribution in [0.15, 0.2) is 108 Å². The number of carbonyl (C=O) groups excluding carboxylic acids is 1. The molecule has 1 aliphatic heterocycles. The van der Waals surface area contributed by atoms with E-state index in [1.54, 1.807) is 25.3 Å². The highest BCUT2D eigenvalue weighted by molar-refractivity contribution is 7.90.